The molecule has 3 heteroatoms. The van der Waals surface area contributed by atoms with E-state index in [9.17, 15) is 9.90 Å². The van der Waals surface area contributed by atoms with Gasteiger partial charge in [0.15, 0.2) is 0 Å². The van der Waals surface area contributed by atoms with Crippen molar-refractivity contribution >= 4 is 5.97 Å². The molecule has 0 aromatic heterocycles. The maximum Gasteiger partial charge on any atom is 0.302 e. The van der Waals surface area contributed by atoms with Gasteiger partial charge in [0.2, 0.25) is 0 Å². The van der Waals surface area contributed by atoms with Crippen LogP contribution in [0.15, 0.2) is 0 Å². The molecule has 0 aliphatic carbocycles. The van der Waals surface area contributed by atoms with Crippen molar-refractivity contribution in [2.24, 2.45) is 0 Å². The van der Waals surface area contributed by atoms with Crippen molar-refractivity contribution in [3.63, 3.8) is 0 Å². The Morgan fingerprint density at radius 2 is 1.73 bits per heavy atom. The zero-order valence-corrected chi connectivity index (χ0v) is 10.2. The van der Waals surface area contributed by atoms with Crippen LogP contribution in [0.3, 0.4) is 0 Å². The average Bonchev–Trinajstić information content (AvgIpc) is 2.13. The minimum atomic E-state index is -0.552. The Morgan fingerprint density at radius 1 is 1.20 bits per heavy atom. The molecule has 0 heterocycles. The second kappa shape index (κ2) is 7.69. The van der Waals surface area contributed by atoms with E-state index < -0.39 is 5.60 Å². The molecule has 0 amide bonds. The normalized spacial score (nSPS) is 11.5. The summed E-state index contributed by atoms with van der Waals surface area (Å²) in [5.41, 5.74) is -0.552. The van der Waals surface area contributed by atoms with E-state index in [1.165, 1.54) is 6.92 Å². The van der Waals surface area contributed by atoms with E-state index in [1.807, 2.05) is 0 Å². The maximum atomic E-state index is 10.5. The summed E-state index contributed by atoms with van der Waals surface area (Å²) in [4.78, 5) is 10.5. The number of hydrogen-bond donors (Lipinski definition) is 1. The maximum absolute atomic E-state index is 10.5. The molecular formula is C12H24O3. The Bertz CT molecular complexity index is 172. The summed E-state index contributed by atoms with van der Waals surface area (Å²) in [7, 11) is 0. The summed E-state index contributed by atoms with van der Waals surface area (Å²) in [5.74, 6) is -0.246. The molecule has 1 N–H and O–H groups in total. The van der Waals surface area contributed by atoms with Crippen molar-refractivity contribution in [1.82, 2.24) is 0 Å². The fourth-order valence-electron chi connectivity index (χ4n) is 1.92. The molecule has 3 nitrogen and oxygen atoms in total. The highest BCUT2D eigenvalue weighted by molar-refractivity contribution is 5.65. The summed E-state index contributed by atoms with van der Waals surface area (Å²) in [6.07, 6.45) is 5.12. The van der Waals surface area contributed by atoms with Gasteiger partial charge in [-0.15, -0.1) is 0 Å². The standard InChI is InChI=1S/C12H24O3/c1-4-7-12(14,8-5-2)9-6-10-15-11(3)13/h14H,4-10H2,1-3H3. The van der Waals surface area contributed by atoms with Crippen LogP contribution in [0.5, 0.6) is 0 Å². The third-order valence-corrected chi connectivity index (χ3v) is 2.52. The first kappa shape index (κ1) is 14.4. The molecule has 0 aliphatic heterocycles. The molecule has 15 heavy (non-hydrogen) atoms. The summed E-state index contributed by atoms with van der Waals surface area (Å²) < 4.78 is 4.84. The second-order valence-corrected chi connectivity index (χ2v) is 4.17. The summed E-state index contributed by atoms with van der Waals surface area (Å²) in [6, 6.07) is 0. The van der Waals surface area contributed by atoms with Crippen molar-refractivity contribution in [3.8, 4) is 0 Å². The zero-order valence-electron chi connectivity index (χ0n) is 10.2. The van der Waals surface area contributed by atoms with Gasteiger partial charge in [0.1, 0.15) is 0 Å². The number of carbonyl (C=O) groups excluding carboxylic acids is 1. The van der Waals surface area contributed by atoms with Crippen LogP contribution in [0.2, 0.25) is 0 Å². The molecule has 90 valence electrons. The molecule has 0 fully saturated rings. The highest BCUT2D eigenvalue weighted by Crippen LogP contribution is 2.24. The number of aliphatic hydroxyl groups is 1. The number of ether oxygens (including phenoxy) is 1. The molecule has 0 aromatic carbocycles. The predicted molar refractivity (Wildman–Crippen MR) is 60.6 cm³/mol. The second-order valence-electron chi connectivity index (χ2n) is 4.17. The van der Waals surface area contributed by atoms with Gasteiger partial charge < -0.3 is 9.84 Å². The molecular weight excluding hydrogens is 192 g/mol. The van der Waals surface area contributed by atoms with E-state index in [0.29, 0.717) is 6.61 Å². The van der Waals surface area contributed by atoms with Crippen LogP contribution in [-0.4, -0.2) is 23.3 Å². The van der Waals surface area contributed by atoms with E-state index in [4.69, 9.17) is 4.74 Å². The molecule has 0 bridgehead atoms. The monoisotopic (exact) mass is 216 g/mol. The van der Waals surface area contributed by atoms with Gasteiger partial charge in [-0.2, -0.15) is 0 Å². The van der Waals surface area contributed by atoms with Gasteiger partial charge in [-0.1, -0.05) is 26.7 Å². The third kappa shape index (κ3) is 7.37. The average molecular weight is 216 g/mol. The molecule has 0 aliphatic rings. The van der Waals surface area contributed by atoms with Crippen LogP contribution in [0.25, 0.3) is 0 Å². The van der Waals surface area contributed by atoms with E-state index in [-0.39, 0.29) is 5.97 Å². The summed E-state index contributed by atoms with van der Waals surface area (Å²) >= 11 is 0. The quantitative estimate of drug-likeness (QED) is 0.501. The molecule has 0 saturated carbocycles. The van der Waals surface area contributed by atoms with Crippen LogP contribution in [0.1, 0.15) is 59.3 Å². The zero-order chi connectivity index (χ0) is 11.7. The molecule has 0 spiro atoms. The van der Waals surface area contributed by atoms with Gasteiger partial charge in [0, 0.05) is 6.92 Å². The Balaban J connectivity index is 3.79. The molecule has 0 atom stereocenters. The van der Waals surface area contributed by atoms with Crippen LogP contribution >= 0.6 is 0 Å². The van der Waals surface area contributed by atoms with Crippen molar-refractivity contribution in [2.45, 2.75) is 64.9 Å². The lowest BCUT2D eigenvalue weighted by Crippen LogP contribution is -2.28. The number of rotatable bonds is 8. The first-order valence-electron chi connectivity index (χ1n) is 5.90. The minimum absolute atomic E-state index is 0.246. The van der Waals surface area contributed by atoms with Gasteiger partial charge in [-0.25, -0.2) is 0 Å². The lowest BCUT2D eigenvalue weighted by molar-refractivity contribution is -0.141. The minimum Gasteiger partial charge on any atom is -0.466 e. The Labute approximate surface area is 92.8 Å². The Morgan fingerprint density at radius 3 is 2.13 bits per heavy atom. The Hall–Kier alpha value is -0.570. The highest BCUT2D eigenvalue weighted by Gasteiger charge is 2.23. The first-order chi connectivity index (χ1) is 7.04. The van der Waals surface area contributed by atoms with E-state index in [1.54, 1.807) is 0 Å². The summed E-state index contributed by atoms with van der Waals surface area (Å²) in [5, 5.41) is 10.2. The lowest BCUT2D eigenvalue weighted by atomic mass is 9.88. The molecule has 0 saturated heterocycles. The van der Waals surface area contributed by atoms with Crippen LogP contribution < -0.4 is 0 Å². The van der Waals surface area contributed by atoms with Crippen molar-refractivity contribution < 1.29 is 14.6 Å². The third-order valence-electron chi connectivity index (χ3n) is 2.52. The van der Waals surface area contributed by atoms with E-state index in [0.717, 1.165) is 38.5 Å². The van der Waals surface area contributed by atoms with Gasteiger partial charge in [-0.05, 0) is 25.7 Å². The molecule has 0 radical (unpaired) electrons. The molecule has 0 rings (SSSR count). The fraction of sp³-hybridized carbons (Fsp3) is 0.917. The van der Waals surface area contributed by atoms with E-state index >= 15 is 0 Å². The van der Waals surface area contributed by atoms with Crippen molar-refractivity contribution in [1.29, 1.82) is 0 Å². The van der Waals surface area contributed by atoms with E-state index in [2.05, 4.69) is 13.8 Å². The lowest BCUT2D eigenvalue weighted by Gasteiger charge is -2.27. The summed E-state index contributed by atoms with van der Waals surface area (Å²) in [6.45, 7) is 5.98. The van der Waals surface area contributed by atoms with Crippen LogP contribution in [0, 0.1) is 0 Å². The molecule has 0 unspecified atom stereocenters. The van der Waals surface area contributed by atoms with Gasteiger partial charge in [0.25, 0.3) is 0 Å². The first-order valence-corrected chi connectivity index (χ1v) is 5.90. The number of carbonyl (C=O) groups is 1. The van der Waals surface area contributed by atoms with Gasteiger partial charge in [0.05, 0.1) is 12.2 Å². The largest absolute Gasteiger partial charge is 0.466 e. The highest BCUT2D eigenvalue weighted by atomic mass is 16.5. The smallest absolute Gasteiger partial charge is 0.302 e. The van der Waals surface area contributed by atoms with Crippen molar-refractivity contribution in [3.05, 3.63) is 0 Å². The van der Waals surface area contributed by atoms with Crippen LogP contribution in [-0.2, 0) is 9.53 Å². The fourth-order valence-corrected chi connectivity index (χ4v) is 1.92. The SMILES string of the molecule is CCCC(O)(CCC)CCCOC(C)=O. The Kier molecular flexibility index (Phi) is 7.39. The van der Waals surface area contributed by atoms with Gasteiger partial charge in [-0.3, -0.25) is 4.79 Å². The topological polar surface area (TPSA) is 46.5 Å². The number of hydrogen-bond acceptors (Lipinski definition) is 3. The van der Waals surface area contributed by atoms with Crippen LogP contribution in [0.4, 0.5) is 0 Å². The number of esters is 1. The predicted octanol–water partition coefficient (Wildman–Crippen LogP) is 2.66. The van der Waals surface area contributed by atoms with Crippen molar-refractivity contribution in [2.75, 3.05) is 6.61 Å². The van der Waals surface area contributed by atoms with Gasteiger partial charge >= 0.3 is 5.97 Å². The molecule has 0 aromatic rings.